The van der Waals surface area contributed by atoms with Crippen LogP contribution in [0.4, 0.5) is 0 Å². The third kappa shape index (κ3) is 3.56. The maximum absolute atomic E-state index is 12.3. The van der Waals surface area contributed by atoms with Crippen molar-refractivity contribution < 1.29 is 9.32 Å². The maximum Gasteiger partial charge on any atom is 0.226 e. The summed E-state index contributed by atoms with van der Waals surface area (Å²) in [7, 11) is 0. The van der Waals surface area contributed by atoms with Crippen molar-refractivity contribution in [1.29, 1.82) is 0 Å². The van der Waals surface area contributed by atoms with Gasteiger partial charge in [-0.1, -0.05) is 48.3 Å². The minimum absolute atomic E-state index is 0.0288. The predicted octanol–water partition coefficient (Wildman–Crippen LogP) is 3.37. The summed E-state index contributed by atoms with van der Waals surface area (Å²) < 4.78 is 5.02. The number of nitrogens with zero attached hydrogens (tertiary/aromatic N) is 1. The molecule has 22 heavy (non-hydrogen) atoms. The van der Waals surface area contributed by atoms with E-state index in [9.17, 15) is 4.79 Å². The van der Waals surface area contributed by atoms with Crippen molar-refractivity contribution in [2.45, 2.75) is 51.0 Å². The first-order valence-corrected chi connectivity index (χ1v) is 7.99. The second-order valence-corrected chi connectivity index (χ2v) is 6.08. The maximum atomic E-state index is 12.3. The molecular formula is C18H22N2O2. The average molecular weight is 298 g/mol. The third-order valence-electron chi connectivity index (χ3n) is 4.36. The Balaban J connectivity index is 1.65. The van der Waals surface area contributed by atoms with Crippen molar-refractivity contribution in [2.24, 2.45) is 0 Å². The fourth-order valence-electron chi connectivity index (χ4n) is 3.33. The molecule has 1 aromatic heterocycles. The summed E-state index contributed by atoms with van der Waals surface area (Å²) in [4.78, 5) is 12.3. The summed E-state index contributed by atoms with van der Waals surface area (Å²) >= 11 is 0. The van der Waals surface area contributed by atoms with Crippen molar-refractivity contribution in [3.05, 3.63) is 53.4 Å². The third-order valence-corrected chi connectivity index (χ3v) is 4.36. The Morgan fingerprint density at radius 1 is 1.27 bits per heavy atom. The van der Waals surface area contributed by atoms with E-state index in [2.05, 4.69) is 34.7 Å². The van der Waals surface area contributed by atoms with E-state index in [0.29, 0.717) is 11.6 Å². The molecule has 4 nitrogen and oxygen atoms in total. The van der Waals surface area contributed by atoms with Gasteiger partial charge in [0.2, 0.25) is 5.91 Å². The van der Waals surface area contributed by atoms with Crippen LogP contribution in [-0.2, 0) is 11.2 Å². The van der Waals surface area contributed by atoms with Crippen LogP contribution in [-0.4, -0.2) is 17.1 Å². The molecule has 4 heteroatoms. The fraction of sp³-hybridized carbons (Fsp3) is 0.444. The molecule has 0 saturated heterocycles. The van der Waals surface area contributed by atoms with E-state index in [0.717, 1.165) is 18.6 Å². The first-order valence-electron chi connectivity index (χ1n) is 7.99. The van der Waals surface area contributed by atoms with Crippen LogP contribution in [0.1, 0.15) is 48.6 Å². The molecule has 0 spiro atoms. The van der Waals surface area contributed by atoms with Crippen LogP contribution in [0.3, 0.4) is 0 Å². The molecule has 116 valence electrons. The molecule has 1 saturated carbocycles. The summed E-state index contributed by atoms with van der Waals surface area (Å²) in [6, 6.07) is 12.5. The molecule has 0 aliphatic heterocycles. The number of hydrogen-bond acceptors (Lipinski definition) is 3. The highest BCUT2D eigenvalue weighted by molar-refractivity contribution is 5.78. The lowest BCUT2D eigenvalue weighted by atomic mass is 9.80. The molecule has 3 rings (SSSR count). The van der Waals surface area contributed by atoms with Gasteiger partial charge in [-0.25, -0.2) is 0 Å². The number of benzene rings is 1. The van der Waals surface area contributed by atoms with Gasteiger partial charge in [0.1, 0.15) is 5.76 Å². The largest absolute Gasteiger partial charge is 0.361 e. The van der Waals surface area contributed by atoms with Gasteiger partial charge in [0.05, 0.1) is 12.1 Å². The molecule has 1 heterocycles. The monoisotopic (exact) mass is 298 g/mol. The van der Waals surface area contributed by atoms with Gasteiger partial charge in [0.25, 0.3) is 0 Å². The summed E-state index contributed by atoms with van der Waals surface area (Å²) in [5, 5.41) is 7.09. The number of rotatable bonds is 4. The molecule has 0 radical (unpaired) electrons. The lowest BCUT2D eigenvalue weighted by molar-refractivity contribution is -0.121. The van der Waals surface area contributed by atoms with E-state index in [1.807, 2.05) is 19.1 Å². The van der Waals surface area contributed by atoms with Gasteiger partial charge in [0, 0.05) is 18.0 Å². The topological polar surface area (TPSA) is 55.1 Å². The van der Waals surface area contributed by atoms with Gasteiger partial charge in [-0.05, 0) is 25.3 Å². The Labute approximate surface area is 130 Å². The number of hydrogen-bond donors (Lipinski definition) is 1. The molecule has 2 aromatic rings. The van der Waals surface area contributed by atoms with E-state index in [4.69, 9.17) is 4.52 Å². The molecule has 1 aliphatic carbocycles. The van der Waals surface area contributed by atoms with Crippen LogP contribution < -0.4 is 5.32 Å². The lowest BCUT2D eigenvalue weighted by Crippen LogP contribution is -2.41. The summed E-state index contributed by atoms with van der Waals surface area (Å²) in [6.07, 6.45) is 4.88. The highest BCUT2D eigenvalue weighted by atomic mass is 16.5. The smallest absolute Gasteiger partial charge is 0.226 e. The first kappa shape index (κ1) is 14.8. The predicted molar refractivity (Wildman–Crippen MR) is 84.5 cm³/mol. The van der Waals surface area contributed by atoms with Gasteiger partial charge >= 0.3 is 0 Å². The molecule has 1 amide bonds. The average Bonchev–Trinajstić information content (AvgIpc) is 2.93. The zero-order chi connectivity index (χ0) is 15.4. The number of carbonyl (C=O) groups is 1. The molecule has 1 fully saturated rings. The van der Waals surface area contributed by atoms with Crippen molar-refractivity contribution >= 4 is 5.91 Å². The van der Waals surface area contributed by atoms with Crippen LogP contribution in [0.25, 0.3) is 0 Å². The SMILES string of the molecule is Cc1cc(CC(=O)N[C@@H]2CCCC[C@H]2c2ccccc2)no1. The Morgan fingerprint density at radius 2 is 2.05 bits per heavy atom. The highest BCUT2D eigenvalue weighted by Gasteiger charge is 2.27. The molecule has 2 atom stereocenters. The van der Waals surface area contributed by atoms with Crippen molar-refractivity contribution in [2.75, 3.05) is 0 Å². The minimum Gasteiger partial charge on any atom is -0.361 e. The van der Waals surface area contributed by atoms with Gasteiger partial charge < -0.3 is 9.84 Å². The number of amides is 1. The normalized spacial score (nSPS) is 21.5. The summed E-state index contributed by atoms with van der Waals surface area (Å²) in [5.41, 5.74) is 2.02. The van der Waals surface area contributed by atoms with Crippen LogP contribution in [0.5, 0.6) is 0 Å². The number of aromatic nitrogens is 1. The van der Waals surface area contributed by atoms with E-state index in [1.165, 1.54) is 18.4 Å². The molecular weight excluding hydrogens is 276 g/mol. The Bertz CT molecular complexity index is 621. The van der Waals surface area contributed by atoms with Gasteiger partial charge in [0.15, 0.2) is 0 Å². The summed E-state index contributed by atoms with van der Waals surface area (Å²) in [5.74, 6) is 1.18. The molecule has 0 bridgehead atoms. The molecule has 1 N–H and O–H groups in total. The standard InChI is InChI=1S/C18H22N2O2/c1-13-11-15(20-22-13)12-18(21)19-17-10-6-5-9-16(17)14-7-3-2-4-8-14/h2-4,7-8,11,16-17H,5-6,9-10,12H2,1H3,(H,19,21)/t16-,17+/m0/s1. The van der Waals surface area contributed by atoms with Crippen molar-refractivity contribution in [3.63, 3.8) is 0 Å². The Hall–Kier alpha value is -2.10. The quantitative estimate of drug-likeness (QED) is 0.941. The van der Waals surface area contributed by atoms with Crippen LogP contribution in [0.2, 0.25) is 0 Å². The van der Waals surface area contributed by atoms with Crippen molar-refractivity contribution in [1.82, 2.24) is 10.5 Å². The van der Waals surface area contributed by atoms with E-state index >= 15 is 0 Å². The van der Waals surface area contributed by atoms with Crippen LogP contribution >= 0.6 is 0 Å². The van der Waals surface area contributed by atoms with Gasteiger partial charge in [-0.2, -0.15) is 0 Å². The zero-order valence-corrected chi connectivity index (χ0v) is 12.9. The Kier molecular flexibility index (Phi) is 4.56. The highest BCUT2D eigenvalue weighted by Crippen LogP contribution is 2.33. The van der Waals surface area contributed by atoms with E-state index in [-0.39, 0.29) is 18.4 Å². The van der Waals surface area contributed by atoms with Gasteiger partial charge in [-0.3, -0.25) is 4.79 Å². The number of aryl methyl sites for hydroxylation is 1. The molecule has 1 aromatic carbocycles. The first-order chi connectivity index (χ1) is 10.7. The second kappa shape index (κ2) is 6.77. The molecule has 0 unspecified atom stereocenters. The van der Waals surface area contributed by atoms with Gasteiger partial charge in [-0.15, -0.1) is 0 Å². The van der Waals surface area contributed by atoms with Crippen LogP contribution in [0.15, 0.2) is 40.9 Å². The van der Waals surface area contributed by atoms with Crippen LogP contribution in [0, 0.1) is 6.92 Å². The number of nitrogens with one attached hydrogen (secondary N) is 1. The van der Waals surface area contributed by atoms with E-state index < -0.39 is 0 Å². The lowest BCUT2D eigenvalue weighted by Gasteiger charge is -2.32. The van der Waals surface area contributed by atoms with Crippen molar-refractivity contribution in [3.8, 4) is 0 Å². The van der Waals surface area contributed by atoms with E-state index in [1.54, 1.807) is 0 Å². The Morgan fingerprint density at radius 3 is 2.77 bits per heavy atom. The second-order valence-electron chi connectivity index (χ2n) is 6.08. The summed E-state index contributed by atoms with van der Waals surface area (Å²) in [6.45, 7) is 1.83. The fourth-order valence-corrected chi connectivity index (χ4v) is 3.33. The molecule has 1 aliphatic rings. The minimum atomic E-state index is 0.0288. The number of carbonyl (C=O) groups excluding carboxylic acids is 1. The zero-order valence-electron chi connectivity index (χ0n) is 12.9.